The zero-order valence-corrected chi connectivity index (χ0v) is 19.4. The summed E-state index contributed by atoms with van der Waals surface area (Å²) in [5, 5.41) is 10.0. The molecule has 0 bridgehead atoms. The molecule has 2 N–H and O–H groups in total. The Bertz CT molecular complexity index is 1630. The van der Waals surface area contributed by atoms with Crippen molar-refractivity contribution < 1.29 is 0 Å². The molecular formula is C27H25N7. The number of nitrogens with one attached hydrogen (secondary N) is 2. The van der Waals surface area contributed by atoms with Crippen molar-refractivity contribution in [2.75, 3.05) is 14.1 Å². The summed E-state index contributed by atoms with van der Waals surface area (Å²) < 4.78 is 2.06. The number of aromatic amines is 2. The highest BCUT2D eigenvalue weighted by molar-refractivity contribution is 5.99. The molecule has 34 heavy (non-hydrogen) atoms. The summed E-state index contributed by atoms with van der Waals surface area (Å²) >= 11 is 0. The Morgan fingerprint density at radius 1 is 0.941 bits per heavy atom. The van der Waals surface area contributed by atoms with Crippen molar-refractivity contribution in [2.45, 2.75) is 13.5 Å². The molecule has 0 aliphatic carbocycles. The van der Waals surface area contributed by atoms with Crippen LogP contribution in [0.5, 0.6) is 0 Å². The van der Waals surface area contributed by atoms with E-state index in [9.17, 15) is 0 Å². The molecule has 0 radical (unpaired) electrons. The van der Waals surface area contributed by atoms with Gasteiger partial charge in [-0.15, -0.1) is 0 Å². The molecule has 0 aliphatic rings. The van der Waals surface area contributed by atoms with E-state index in [0.29, 0.717) is 0 Å². The number of hydrogen-bond donors (Lipinski definition) is 2. The number of H-pyrrole nitrogens is 2. The third kappa shape index (κ3) is 3.56. The van der Waals surface area contributed by atoms with Crippen LogP contribution in [0.1, 0.15) is 11.3 Å². The van der Waals surface area contributed by atoms with Crippen molar-refractivity contribution in [3.63, 3.8) is 0 Å². The third-order valence-corrected chi connectivity index (χ3v) is 6.08. The van der Waals surface area contributed by atoms with Crippen molar-refractivity contribution in [2.24, 2.45) is 0 Å². The average molecular weight is 448 g/mol. The van der Waals surface area contributed by atoms with Gasteiger partial charge in [-0.3, -0.25) is 10.1 Å². The third-order valence-electron chi connectivity index (χ3n) is 6.08. The molecule has 0 spiro atoms. The van der Waals surface area contributed by atoms with Crippen LogP contribution in [0.15, 0.2) is 73.4 Å². The first-order valence-corrected chi connectivity index (χ1v) is 11.3. The minimum atomic E-state index is 0.855. The van der Waals surface area contributed by atoms with E-state index in [1.54, 1.807) is 0 Å². The second kappa shape index (κ2) is 7.97. The Kier molecular flexibility index (Phi) is 4.78. The monoisotopic (exact) mass is 447 g/mol. The number of imidazole rings is 1. The Hall–Kier alpha value is -4.23. The van der Waals surface area contributed by atoms with Crippen molar-refractivity contribution in [3.8, 4) is 28.2 Å². The number of hydrogen-bond acceptors (Lipinski definition) is 4. The van der Waals surface area contributed by atoms with Gasteiger partial charge in [0, 0.05) is 47.0 Å². The number of fused-ring (bicyclic) bond motifs is 2. The smallest absolute Gasteiger partial charge is 0.116 e. The number of aromatic nitrogens is 6. The van der Waals surface area contributed by atoms with Gasteiger partial charge in [0.15, 0.2) is 0 Å². The molecule has 0 amide bonds. The molecule has 6 rings (SSSR count). The number of benzene rings is 2. The molecule has 0 aliphatic heterocycles. The van der Waals surface area contributed by atoms with Gasteiger partial charge in [0.05, 0.1) is 28.9 Å². The highest BCUT2D eigenvalue weighted by atomic mass is 15.1. The molecule has 0 atom stereocenters. The Labute approximate surface area is 197 Å². The number of nitrogens with zero attached hydrogens (tertiary/aromatic N) is 5. The zero-order valence-electron chi connectivity index (χ0n) is 19.4. The lowest BCUT2D eigenvalue weighted by molar-refractivity contribution is 0.402. The fraction of sp³-hybridized carbons (Fsp3) is 0.148. The van der Waals surface area contributed by atoms with Gasteiger partial charge in [-0.05, 0) is 68.5 Å². The predicted molar refractivity (Wildman–Crippen MR) is 136 cm³/mol. The van der Waals surface area contributed by atoms with Gasteiger partial charge >= 0.3 is 0 Å². The lowest BCUT2D eigenvalue weighted by Crippen LogP contribution is -2.10. The topological polar surface area (TPSA) is 78.4 Å². The van der Waals surface area contributed by atoms with Gasteiger partial charge in [0.25, 0.3) is 0 Å². The first-order valence-electron chi connectivity index (χ1n) is 11.3. The molecule has 0 unspecified atom stereocenters. The van der Waals surface area contributed by atoms with Crippen molar-refractivity contribution >= 4 is 21.8 Å². The van der Waals surface area contributed by atoms with Gasteiger partial charge in [0.1, 0.15) is 5.69 Å². The summed E-state index contributed by atoms with van der Waals surface area (Å²) in [6.07, 6.45) is 7.74. The summed E-state index contributed by atoms with van der Waals surface area (Å²) in [6, 6.07) is 17.0. The largest absolute Gasteiger partial charge is 0.353 e. The second-order valence-corrected chi connectivity index (χ2v) is 9.00. The molecular weight excluding hydrogens is 422 g/mol. The fourth-order valence-corrected chi connectivity index (χ4v) is 4.54. The maximum absolute atomic E-state index is 4.66. The van der Waals surface area contributed by atoms with Crippen LogP contribution in [-0.4, -0.2) is 48.7 Å². The number of rotatable bonds is 5. The summed E-state index contributed by atoms with van der Waals surface area (Å²) in [6.45, 7) is 2.85. The van der Waals surface area contributed by atoms with Crippen LogP contribution in [0, 0.1) is 6.92 Å². The Morgan fingerprint density at radius 2 is 1.85 bits per heavy atom. The van der Waals surface area contributed by atoms with Crippen LogP contribution >= 0.6 is 0 Å². The van der Waals surface area contributed by atoms with E-state index in [2.05, 4.69) is 97.2 Å². The van der Waals surface area contributed by atoms with Crippen LogP contribution in [0.4, 0.5) is 0 Å². The highest BCUT2D eigenvalue weighted by Crippen LogP contribution is 2.33. The Morgan fingerprint density at radius 3 is 2.68 bits per heavy atom. The molecule has 7 heteroatoms. The van der Waals surface area contributed by atoms with Gasteiger partial charge in [0.2, 0.25) is 0 Å². The van der Waals surface area contributed by atoms with Gasteiger partial charge < -0.3 is 14.5 Å². The van der Waals surface area contributed by atoms with E-state index in [1.165, 1.54) is 5.56 Å². The minimum Gasteiger partial charge on any atom is -0.353 e. The summed E-state index contributed by atoms with van der Waals surface area (Å²) in [5.41, 5.74) is 9.42. The number of aryl methyl sites for hydroxylation is 1. The van der Waals surface area contributed by atoms with Crippen molar-refractivity contribution in [3.05, 3.63) is 84.7 Å². The van der Waals surface area contributed by atoms with E-state index in [-0.39, 0.29) is 0 Å². The van der Waals surface area contributed by atoms with Crippen molar-refractivity contribution in [1.29, 1.82) is 0 Å². The maximum Gasteiger partial charge on any atom is 0.116 e. The van der Waals surface area contributed by atoms with E-state index in [1.807, 2.05) is 31.8 Å². The first kappa shape index (κ1) is 20.4. The molecule has 0 saturated heterocycles. The molecule has 6 aromatic rings. The summed E-state index contributed by atoms with van der Waals surface area (Å²) in [4.78, 5) is 14.6. The Balaban J connectivity index is 1.45. The minimum absolute atomic E-state index is 0.855. The van der Waals surface area contributed by atoms with Gasteiger partial charge in [-0.2, -0.15) is 5.10 Å². The molecule has 0 fully saturated rings. The summed E-state index contributed by atoms with van der Waals surface area (Å²) in [5.74, 6) is 0. The van der Waals surface area contributed by atoms with E-state index in [0.717, 1.165) is 62.2 Å². The first-order chi connectivity index (χ1) is 16.5. The molecule has 0 saturated carbocycles. The lowest BCUT2D eigenvalue weighted by atomic mass is 10.0. The van der Waals surface area contributed by atoms with E-state index >= 15 is 0 Å². The lowest BCUT2D eigenvalue weighted by Gasteiger charge is -2.10. The summed E-state index contributed by atoms with van der Waals surface area (Å²) in [7, 11) is 4.13. The molecule has 4 heterocycles. The zero-order chi connectivity index (χ0) is 23.2. The normalized spacial score (nSPS) is 11.8. The maximum atomic E-state index is 4.66. The molecule has 4 aromatic heterocycles. The highest BCUT2D eigenvalue weighted by Gasteiger charge is 2.14. The van der Waals surface area contributed by atoms with Crippen LogP contribution in [0.25, 0.3) is 50.0 Å². The number of pyridine rings is 1. The average Bonchev–Trinajstić information content (AvgIpc) is 3.55. The van der Waals surface area contributed by atoms with Crippen LogP contribution < -0.4 is 0 Å². The standard InChI is InChI=1S/C27H25N7/c1-17-14-34(16-29-17)26-6-4-5-23-21(26)11-25(30-23)27-22-10-19(7-8-24(22)31-32-27)20-9-18(12-28-13-20)15-33(2)3/h4-14,16,30H,15H2,1-3H3,(H,31,32). The van der Waals surface area contributed by atoms with Crippen LogP contribution in [0.2, 0.25) is 0 Å². The quantitative estimate of drug-likeness (QED) is 0.374. The fourth-order valence-electron chi connectivity index (χ4n) is 4.54. The van der Waals surface area contributed by atoms with Crippen LogP contribution in [0.3, 0.4) is 0 Å². The predicted octanol–water partition coefficient (Wildman–Crippen LogP) is 5.33. The second-order valence-electron chi connectivity index (χ2n) is 9.00. The SMILES string of the molecule is Cc1cn(-c2cccc3[nH]c(-c4n[nH]c5ccc(-c6cncc(CN(C)C)c6)cc45)cc23)cn1. The molecule has 2 aromatic carbocycles. The molecule has 7 nitrogen and oxygen atoms in total. The van der Waals surface area contributed by atoms with Gasteiger partial charge in [-0.25, -0.2) is 4.98 Å². The van der Waals surface area contributed by atoms with Gasteiger partial charge in [-0.1, -0.05) is 12.1 Å². The van der Waals surface area contributed by atoms with Crippen molar-refractivity contribution in [1.82, 2.24) is 34.6 Å². The van der Waals surface area contributed by atoms with Crippen LogP contribution in [-0.2, 0) is 6.54 Å². The molecule has 168 valence electrons. The van der Waals surface area contributed by atoms with E-state index < -0.39 is 0 Å². The van der Waals surface area contributed by atoms with E-state index in [4.69, 9.17) is 0 Å².